The first kappa shape index (κ1) is 15.8. The van der Waals surface area contributed by atoms with Crippen molar-refractivity contribution < 1.29 is 19.8 Å². The largest absolute Gasteiger partial charge is 0.480 e. The second-order valence-electron chi connectivity index (χ2n) is 3.96. The maximum Gasteiger partial charge on any atom is 0.328 e. The van der Waals surface area contributed by atoms with E-state index in [-0.39, 0.29) is 0 Å². The predicted octanol–water partition coefficient (Wildman–Crippen LogP) is -1.61. The monoisotopic (exact) mass is 247 g/mol. The van der Waals surface area contributed by atoms with E-state index in [1.54, 1.807) is 0 Å². The number of carboxylic acid groups (broad SMARTS) is 1. The Morgan fingerprint density at radius 1 is 1.35 bits per heavy atom. The molecule has 0 radical (unpaired) electrons. The SMILES string of the molecule is C[C@@H](O)[C@H](NC(=O)[C@H](N)CCCCN)C(=O)O. The summed E-state index contributed by atoms with van der Waals surface area (Å²) in [6.07, 6.45) is 0.736. The molecule has 0 fully saturated rings. The highest BCUT2D eigenvalue weighted by molar-refractivity contribution is 5.87. The molecule has 0 saturated heterocycles. The Balaban J connectivity index is 4.16. The zero-order valence-electron chi connectivity index (χ0n) is 9.93. The third kappa shape index (κ3) is 6.20. The van der Waals surface area contributed by atoms with Gasteiger partial charge in [-0.3, -0.25) is 4.79 Å². The molecule has 0 aromatic heterocycles. The molecule has 0 aliphatic rings. The van der Waals surface area contributed by atoms with E-state index in [1.807, 2.05) is 0 Å². The molecule has 0 heterocycles. The fourth-order valence-electron chi connectivity index (χ4n) is 1.29. The van der Waals surface area contributed by atoms with Crippen LogP contribution in [-0.2, 0) is 9.59 Å². The molecular weight excluding hydrogens is 226 g/mol. The van der Waals surface area contributed by atoms with Crippen molar-refractivity contribution in [3.05, 3.63) is 0 Å². The molecule has 0 spiro atoms. The van der Waals surface area contributed by atoms with Crippen molar-refractivity contribution in [2.24, 2.45) is 11.5 Å². The van der Waals surface area contributed by atoms with Gasteiger partial charge in [0.2, 0.25) is 5.91 Å². The van der Waals surface area contributed by atoms with Crippen LogP contribution in [0.3, 0.4) is 0 Å². The number of aliphatic hydroxyl groups excluding tert-OH is 1. The molecule has 1 amide bonds. The van der Waals surface area contributed by atoms with Gasteiger partial charge in [0.25, 0.3) is 0 Å². The van der Waals surface area contributed by atoms with Crippen LogP contribution >= 0.6 is 0 Å². The summed E-state index contributed by atoms with van der Waals surface area (Å²) in [4.78, 5) is 22.2. The first-order valence-electron chi connectivity index (χ1n) is 5.57. The Morgan fingerprint density at radius 2 is 1.94 bits per heavy atom. The van der Waals surface area contributed by atoms with Crippen molar-refractivity contribution in [3.63, 3.8) is 0 Å². The third-order valence-electron chi connectivity index (χ3n) is 2.35. The van der Waals surface area contributed by atoms with Crippen LogP contribution in [0.1, 0.15) is 26.2 Å². The molecule has 100 valence electrons. The lowest BCUT2D eigenvalue weighted by molar-refractivity contribution is -0.145. The van der Waals surface area contributed by atoms with Gasteiger partial charge in [0.15, 0.2) is 6.04 Å². The molecule has 3 atom stereocenters. The Labute approximate surface area is 100 Å². The van der Waals surface area contributed by atoms with Gasteiger partial charge in [-0.1, -0.05) is 6.42 Å². The van der Waals surface area contributed by atoms with Crippen LogP contribution in [0.25, 0.3) is 0 Å². The Hall–Kier alpha value is -1.18. The van der Waals surface area contributed by atoms with Crippen molar-refractivity contribution in [2.45, 2.75) is 44.4 Å². The first-order valence-corrected chi connectivity index (χ1v) is 5.57. The minimum atomic E-state index is -1.33. The topological polar surface area (TPSA) is 139 Å². The van der Waals surface area contributed by atoms with Crippen LogP contribution in [0.15, 0.2) is 0 Å². The summed E-state index contributed by atoms with van der Waals surface area (Å²) in [7, 11) is 0. The minimum absolute atomic E-state index is 0.440. The lowest BCUT2D eigenvalue weighted by Crippen LogP contribution is -2.52. The number of unbranched alkanes of at least 4 members (excludes halogenated alkanes) is 1. The molecule has 7 heteroatoms. The maximum absolute atomic E-state index is 11.5. The number of carboxylic acids is 1. The van der Waals surface area contributed by atoms with Gasteiger partial charge in [-0.15, -0.1) is 0 Å². The molecule has 0 aromatic rings. The number of carbonyl (C=O) groups excluding carboxylic acids is 1. The van der Waals surface area contributed by atoms with E-state index in [0.29, 0.717) is 19.4 Å². The van der Waals surface area contributed by atoms with Crippen molar-refractivity contribution in [3.8, 4) is 0 Å². The van der Waals surface area contributed by atoms with Gasteiger partial charge in [-0.05, 0) is 26.3 Å². The van der Waals surface area contributed by atoms with Crippen LogP contribution in [0.4, 0.5) is 0 Å². The zero-order valence-corrected chi connectivity index (χ0v) is 9.93. The molecule has 0 rings (SSSR count). The Kier molecular flexibility index (Phi) is 7.44. The minimum Gasteiger partial charge on any atom is -0.480 e. The summed E-state index contributed by atoms with van der Waals surface area (Å²) in [5.74, 6) is -1.86. The summed E-state index contributed by atoms with van der Waals surface area (Å²) < 4.78 is 0. The van der Waals surface area contributed by atoms with E-state index in [9.17, 15) is 14.7 Å². The average molecular weight is 247 g/mol. The average Bonchev–Trinajstić information content (AvgIpc) is 2.24. The lowest BCUT2D eigenvalue weighted by Gasteiger charge is -2.19. The molecule has 7 N–H and O–H groups in total. The van der Waals surface area contributed by atoms with E-state index in [0.717, 1.165) is 6.42 Å². The fraction of sp³-hybridized carbons (Fsp3) is 0.800. The fourth-order valence-corrected chi connectivity index (χ4v) is 1.29. The maximum atomic E-state index is 11.5. The van der Waals surface area contributed by atoms with Crippen LogP contribution in [-0.4, -0.2) is 46.8 Å². The molecule has 0 aromatic carbocycles. The second kappa shape index (κ2) is 7.99. The van der Waals surface area contributed by atoms with Crippen LogP contribution in [0, 0.1) is 0 Å². The van der Waals surface area contributed by atoms with Gasteiger partial charge < -0.3 is 27.0 Å². The second-order valence-corrected chi connectivity index (χ2v) is 3.96. The highest BCUT2D eigenvalue weighted by Crippen LogP contribution is 2.00. The van der Waals surface area contributed by atoms with Gasteiger partial charge in [-0.25, -0.2) is 4.79 Å². The number of aliphatic hydroxyl groups is 1. The normalized spacial score (nSPS) is 16.0. The van der Waals surface area contributed by atoms with Crippen molar-refractivity contribution in [2.75, 3.05) is 6.54 Å². The zero-order chi connectivity index (χ0) is 13.4. The number of hydrogen-bond donors (Lipinski definition) is 5. The quantitative estimate of drug-likeness (QED) is 0.327. The Morgan fingerprint density at radius 3 is 2.35 bits per heavy atom. The number of amides is 1. The molecule has 17 heavy (non-hydrogen) atoms. The highest BCUT2D eigenvalue weighted by Gasteiger charge is 2.26. The lowest BCUT2D eigenvalue weighted by atomic mass is 10.1. The summed E-state index contributed by atoms with van der Waals surface area (Å²) in [6.45, 7) is 1.82. The van der Waals surface area contributed by atoms with Crippen molar-refractivity contribution in [1.29, 1.82) is 0 Å². The molecule has 0 saturated carbocycles. The number of carbonyl (C=O) groups is 2. The molecule has 7 nitrogen and oxygen atoms in total. The van der Waals surface area contributed by atoms with Gasteiger partial charge in [0.1, 0.15) is 0 Å². The molecule has 0 unspecified atom stereocenters. The van der Waals surface area contributed by atoms with Gasteiger partial charge >= 0.3 is 5.97 Å². The number of nitrogens with one attached hydrogen (secondary N) is 1. The van der Waals surface area contributed by atoms with E-state index in [1.165, 1.54) is 6.92 Å². The number of aliphatic carboxylic acids is 1. The summed E-state index contributed by atoms with van der Waals surface area (Å²) in [5, 5.41) is 20.1. The summed E-state index contributed by atoms with van der Waals surface area (Å²) in [5.41, 5.74) is 10.9. The first-order chi connectivity index (χ1) is 7.90. The molecular formula is C10H21N3O4. The van der Waals surface area contributed by atoms with Gasteiger partial charge in [0.05, 0.1) is 12.1 Å². The summed E-state index contributed by atoms with van der Waals surface area (Å²) in [6, 6.07) is -2.11. The van der Waals surface area contributed by atoms with Crippen molar-refractivity contribution >= 4 is 11.9 Å². The van der Waals surface area contributed by atoms with Crippen LogP contribution in [0.2, 0.25) is 0 Å². The van der Waals surface area contributed by atoms with Crippen LogP contribution < -0.4 is 16.8 Å². The number of hydrogen-bond acceptors (Lipinski definition) is 5. The van der Waals surface area contributed by atoms with E-state index >= 15 is 0 Å². The molecule has 0 aliphatic heterocycles. The highest BCUT2D eigenvalue weighted by atomic mass is 16.4. The van der Waals surface area contributed by atoms with E-state index < -0.39 is 30.1 Å². The van der Waals surface area contributed by atoms with Crippen LogP contribution in [0.5, 0.6) is 0 Å². The van der Waals surface area contributed by atoms with E-state index in [2.05, 4.69) is 5.32 Å². The smallest absolute Gasteiger partial charge is 0.328 e. The van der Waals surface area contributed by atoms with Gasteiger partial charge in [-0.2, -0.15) is 0 Å². The predicted molar refractivity (Wildman–Crippen MR) is 62.1 cm³/mol. The number of rotatable bonds is 8. The molecule has 0 bridgehead atoms. The molecule has 0 aliphatic carbocycles. The van der Waals surface area contributed by atoms with Crippen molar-refractivity contribution in [1.82, 2.24) is 5.32 Å². The number of nitrogens with two attached hydrogens (primary N) is 2. The van der Waals surface area contributed by atoms with E-state index in [4.69, 9.17) is 16.6 Å². The Bertz CT molecular complexity index is 258. The van der Waals surface area contributed by atoms with Gasteiger partial charge in [0, 0.05) is 0 Å². The third-order valence-corrected chi connectivity index (χ3v) is 2.35. The standard InChI is InChI=1S/C10H21N3O4/c1-6(14)8(10(16)17)13-9(15)7(12)4-2-3-5-11/h6-8,14H,2-5,11-12H2,1H3,(H,13,15)(H,16,17)/t6-,7-,8+/m1/s1. The summed E-state index contributed by atoms with van der Waals surface area (Å²) >= 11 is 0.